The van der Waals surface area contributed by atoms with Gasteiger partial charge in [-0.15, -0.1) is 0 Å². The summed E-state index contributed by atoms with van der Waals surface area (Å²) in [5, 5.41) is 77.3. The first-order valence-corrected chi connectivity index (χ1v) is 16.4. The zero-order valence-corrected chi connectivity index (χ0v) is 26.4. The molecule has 278 valence electrons. The van der Waals surface area contributed by atoms with E-state index >= 15 is 0 Å². The van der Waals surface area contributed by atoms with Crippen LogP contribution in [0.3, 0.4) is 0 Å². The van der Waals surface area contributed by atoms with E-state index in [1.807, 2.05) is 0 Å². The summed E-state index contributed by atoms with van der Waals surface area (Å²) in [4.78, 5) is 12.9. The summed E-state index contributed by atoms with van der Waals surface area (Å²) in [6, 6.07) is -4.30. The molecule has 20 nitrogen and oxygen atoms in total. The number of aliphatic hydroxyl groups excluding tert-OH is 6. The van der Waals surface area contributed by atoms with Crippen LogP contribution in [-0.2, 0) is 33.2 Å². The number of aliphatic hydroxyl groups is 7. The quantitative estimate of drug-likeness (QED) is 0.0953. The molecular formula is C28H52N6O14. The van der Waals surface area contributed by atoms with Crippen LogP contribution in [-0.4, -0.2) is 177 Å². The number of hydrogen-bond donors (Lipinski definition) is 13. The molecule has 18 atom stereocenters. The van der Waals surface area contributed by atoms with Gasteiger partial charge in [-0.1, -0.05) is 0 Å². The number of amides is 1. The van der Waals surface area contributed by atoms with E-state index < -0.39 is 128 Å². The third-order valence-corrected chi connectivity index (χ3v) is 10.1. The van der Waals surface area contributed by atoms with Gasteiger partial charge in [0, 0.05) is 25.6 Å². The molecule has 0 aromatic heterocycles. The van der Waals surface area contributed by atoms with Crippen molar-refractivity contribution in [2.24, 2.45) is 28.7 Å². The van der Waals surface area contributed by atoms with Crippen LogP contribution in [0.4, 0.5) is 0 Å². The van der Waals surface area contributed by atoms with Gasteiger partial charge in [0.05, 0.1) is 36.9 Å². The summed E-state index contributed by atoms with van der Waals surface area (Å²) in [7, 11) is 0. The monoisotopic (exact) mass is 696 g/mol. The molecular weight excluding hydrogens is 644 g/mol. The third-order valence-electron chi connectivity index (χ3n) is 10.1. The maximum absolute atomic E-state index is 12.9. The molecule has 2 aliphatic carbocycles. The first kappa shape index (κ1) is 38.0. The highest BCUT2D eigenvalue weighted by atomic mass is 16.8. The Labute approximate surface area is 276 Å². The van der Waals surface area contributed by atoms with Crippen molar-refractivity contribution >= 4 is 5.91 Å². The van der Waals surface area contributed by atoms with Crippen molar-refractivity contribution in [2.45, 2.75) is 148 Å². The fraction of sp³-hybridized carbons (Fsp3) is 0.964. The molecule has 1 amide bonds. The van der Waals surface area contributed by atoms with E-state index in [0.29, 0.717) is 6.42 Å². The standard InChI is InChI=1S/C28H52N6O14/c29-6-9-4-12(36)15(32)24(43-9)46-21-10(31)5-11(34-27(41)28(42)2-1-3-28)17(37)23(21)48-26-20(40)22(14(8-35)45-26)47-25-16(33)19(39)18(38)13(7-30)44-25/h9-26,35-40,42H,1-8,29-33H2,(H,34,41). The third kappa shape index (κ3) is 7.52. The molecule has 2 saturated carbocycles. The molecule has 5 fully saturated rings. The lowest BCUT2D eigenvalue weighted by Crippen LogP contribution is -2.68. The van der Waals surface area contributed by atoms with Gasteiger partial charge in [-0.05, 0) is 25.7 Å². The Morgan fingerprint density at radius 3 is 1.98 bits per heavy atom. The van der Waals surface area contributed by atoms with Crippen LogP contribution in [0.1, 0.15) is 32.1 Å². The summed E-state index contributed by atoms with van der Waals surface area (Å²) >= 11 is 0. The van der Waals surface area contributed by atoms with Gasteiger partial charge < -0.3 is 98.2 Å². The van der Waals surface area contributed by atoms with Crippen molar-refractivity contribution in [3.8, 4) is 0 Å². The Hall–Kier alpha value is -1.25. The zero-order chi connectivity index (χ0) is 35.1. The van der Waals surface area contributed by atoms with Crippen molar-refractivity contribution in [1.29, 1.82) is 0 Å². The van der Waals surface area contributed by atoms with Crippen LogP contribution in [0.2, 0.25) is 0 Å². The van der Waals surface area contributed by atoms with E-state index in [1.165, 1.54) is 0 Å². The second kappa shape index (κ2) is 15.6. The number of ether oxygens (including phenoxy) is 6. The van der Waals surface area contributed by atoms with Gasteiger partial charge in [-0.3, -0.25) is 4.79 Å². The summed E-state index contributed by atoms with van der Waals surface area (Å²) < 4.78 is 35.4. The number of hydrogen-bond acceptors (Lipinski definition) is 19. The van der Waals surface area contributed by atoms with Crippen molar-refractivity contribution in [1.82, 2.24) is 5.32 Å². The minimum atomic E-state index is -1.66. The molecule has 0 aromatic rings. The molecule has 5 aliphatic rings. The van der Waals surface area contributed by atoms with Gasteiger partial charge in [0.15, 0.2) is 18.9 Å². The largest absolute Gasteiger partial charge is 0.394 e. The molecule has 20 heteroatoms. The van der Waals surface area contributed by atoms with E-state index in [4.69, 9.17) is 57.1 Å². The van der Waals surface area contributed by atoms with Crippen molar-refractivity contribution < 1.29 is 69.0 Å². The number of nitrogens with one attached hydrogen (secondary N) is 1. The summed E-state index contributed by atoms with van der Waals surface area (Å²) in [6.07, 6.45) is -17.0. The number of nitrogens with two attached hydrogens (primary N) is 5. The summed E-state index contributed by atoms with van der Waals surface area (Å²) in [5.41, 5.74) is 28.6. The average Bonchev–Trinajstić information content (AvgIpc) is 3.34. The highest BCUT2D eigenvalue weighted by molar-refractivity contribution is 5.86. The van der Waals surface area contributed by atoms with E-state index in [-0.39, 0.29) is 38.8 Å². The van der Waals surface area contributed by atoms with Gasteiger partial charge >= 0.3 is 0 Å². The normalized spacial score (nSPS) is 49.3. The predicted octanol–water partition coefficient (Wildman–Crippen LogP) is -7.79. The van der Waals surface area contributed by atoms with Gasteiger partial charge in [0.1, 0.15) is 60.5 Å². The molecule has 0 aromatic carbocycles. The predicted molar refractivity (Wildman–Crippen MR) is 160 cm³/mol. The van der Waals surface area contributed by atoms with Crippen LogP contribution in [0.5, 0.6) is 0 Å². The Kier molecular flexibility index (Phi) is 12.3. The topological polar surface area (TPSA) is 356 Å². The van der Waals surface area contributed by atoms with Crippen molar-refractivity contribution in [2.75, 3.05) is 19.7 Å². The first-order valence-electron chi connectivity index (χ1n) is 16.4. The average molecular weight is 697 g/mol. The van der Waals surface area contributed by atoms with E-state index in [9.17, 15) is 40.5 Å². The maximum atomic E-state index is 12.9. The number of carbonyl (C=O) groups is 1. The Bertz CT molecular complexity index is 1080. The lowest BCUT2D eigenvalue weighted by molar-refractivity contribution is -0.295. The highest BCUT2D eigenvalue weighted by Gasteiger charge is 2.55. The summed E-state index contributed by atoms with van der Waals surface area (Å²) in [6.45, 7) is -0.804. The van der Waals surface area contributed by atoms with E-state index in [1.54, 1.807) is 0 Å². The lowest BCUT2D eigenvalue weighted by Gasteiger charge is -2.47. The molecule has 3 saturated heterocycles. The fourth-order valence-electron chi connectivity index (χ4n) is 6.84. The van der Waals surface area contributed by atoms with Crippen LogP contribution < -0.4 is 34.0 Å². The SMILES string of the molecule is NCC1CC(O)C(N)C(OC2C(N)CC(NC(=O)C3(O)CCC3)C(O)C2OC2OC(CO)C(OC3OC(CN)C(O)C(O)C3N)C2O)O1. The molecule has 0 bridgehead atoms. The smallest absolute Gasteiger partial charge is 0.252 e. The second-order valence-corrected chi connectivity index (χ2v) is 13.5. The van der Waals surface area contributed by atoms with Gasteiger partial charge in [0.25, 0.3) is 5.91 Å². The van der Waals surface area contributed by atoms with Crippen LogP contribution in [0, 0.1) is 0 Å². The van der Waals surface area contributed by atoms with E-state index in [2.05, 4.69) is 5.32 Å². The molecule has 0 spiro atoms. The second-order valence-electron chi connectivity index (χ2n) is 13.5. The Morgan fingerprint density at radius 1 is 0.750 bits per heavy atom. The number of carbonyl (C=O) groups excluding carboxylic acids is 1. The molecule has 3 aliphatic heterocycles. The zero-order valence-electron chi connectivity index (χ0n) is 26.4. The lowest BCUT2D eigenvalue weighted by atomic mass is 9.78. The molecule has 18 N–H and O–H groups in total. The van der Waals surface area contributed by atoms with E-state index in [0.717, 1.165) is 0 Å². The fourth-order valence-corrected chi connectivity index (χ4v) is 6.84. The van der Waals surface area contributed by atoms with Gasteiger partial charge in [0.2, 0.25) is 0 Å². The van der Waals surface area contributed by atoms with Gasteiger partial charge in [-0.25, -0.2) is 0 Å². The highest BCUT2D eigenvalue weighted by Crippen LogP contribution is 2.36. The molecule has 3 heterocycles. The maximum Gasteiger partial charge on any atom is 0.252 e. The minimum Gasteiger partial charge on any atom is -0.394 e. The molecule has 0 radical (unpaired) electrons. The van der Waals surface area contributed by atoms with Crippen molar-refractivity contribution in [3.63, 3.8) is 0 Å². The number of rotatable bonds is 11. The molecule has 18 unspecified atom stereocenters. The van der Waals surface area contributed by atoms with Crippen LogP contribution in [0.15, 0.2) is 0 Å². The Balaban J connectivity index is 1.36. The minimum absolute atomic E-state index is 0.0369. The van der Waals surface area contributed by atoms with Crippen molar-refractivity contribution in [3.05, 3.63) is 0 Å². The van der Waals surface area contributed by atoms with Crippen LogP contribution >= 0.6 is 0 Å². The molecule has 5 rings (SSSR count). The Morgan fingerprint density at radius 2 is 1.38 bits per heavy atom. The van der Waals surface area contributed by atoms with Crippen LogP contribution in [0.25, 0.3) is 0 Å². The first-order chi connectivity index (χ1) is 22.7. The van der Waals surface area contributed by atoms with Gasteiger partial charge in [-0.2, -0.15) is 0 Å². The summed E-state index contributed by atoms with van der Waals surface area (Å²) in [5.74, 6) is -0.687. The molecule has 48 heavy (non-hydrogen) atoms.